The van der Waals surface area contributed by atoms with E-state index < -0.39 is 11.9 Å². The van der Waals surface area contributed by atoms with Crippen LogP contribution in [0, 0.1) is 11.8 Å². The average Bonchev–Trinajstić information content (AvgIpc) is 2.49. The van der Waals surface area contributed by atoms with E-state index in [-0.39, 0.29) is 18.4 Å². The maximum atomic E-state index is 10.6. The van der Waals surface area contributed by atoms with Gasteiger partial charge >= 0.3 is 5.97 Å². The maximum absolute atomic E-state index is 10.6. The summed E-state index contributed by atoms with van der Waals surface area (Å²) in [6.07, 6.45) is 4.05. The van der Waals surface area contributed by atoms with Crippen LogP contribution in [0.2, 0.25) is 0 Å². The highest BCUT2D eigenvalue weighted by Crippen LogP contribution is 2.25. The Labute approximate surface area is 82.2 Å². The van der Waals surface area contributed by atoms with Crippen LogP contribution >= 0.6 is 12.4 Å². The van der Waals surface area contributed by atoms with Crippen molar-refractivity contribution in [1.82, 2.24) is 0 Å². The third kappa shape index (κ3) is 1.88. The van der Waals surface area contributed by atoms with Crippen molar-refractivity contribution in [3.63, 3.8) is 0 Å². The van der Waals surface area contributed by atoms with E-state index in [0.717, 1.165) is 6.54 Å². The lowest BCUT2D eigenvalue weighted by molar-refractivity contribution is -0.139. The van der Waals surface area contributed by atoms with E-state index in [9.17, 15) is 4.79 Å². The highest BCUT2D eigenvalue weighted by molar-refractivity contribution is 5.90. The Bertz CT molecular complexity index is 265. The summed E-state index contributed by atoms with van der Waals surface area (Å²) in [5, 5.41) is 8.73. The first-order valence-corrected chi connectivity index (χ1v) is 4.03. The van der Waals surface area contributed by atoms with Gasteiger partial charge in [0, 0.05) is 24.9 Å². The molecule has 2 rings (SSSR count). The molecule has 5 heteroatoms. The summed E-state index contributed by atoms with van der Waals surface area (Å²) in [6, 6.07) is 0.153. The molecule has 0 amide bonds. The van der Waals surface area contributed by atoms with Gasteiger partial charge in [-0.05, 0) is 6.42 Å². The van der Waals surface area contributed by atoms with E-state index >= 15 is 0 Å². The number of carboxylic acid groups (broad SMARTS) is 1. The molecule has 2 heterocycles. The van der Waals surface area contributed by atoms with Gasteiger partial charge in [0.2, 0.25) is 0 Å². The summed E-state index contributed by atoms with van der Waals surface area (Å²) in [5.41, 5.74) is 0. The minimum atomic E-state index is -0.774. The lowest BCUT2D eigenvalue weighted by Gasteiger charge is -2.21. The fourth-order valence-electron chi connectivity index (χ4n) is 1.66. The average molecular weight is 203 g/mol. The Kier molecular flexibility index (Phi) is 3.03. The molecule has 3 atom stereocenters. The highest BCUT2D eigenvalue weighted by atomic mass is 35.5. The molecule has 0 saturated carbocycles. The van der Waals surface area contributed by atoms with Crippen LogP contribution in [0.25, 0.3) is 0 Å². The van der Waals surface area contributed by atoms with Crippen LogP contribution in [0.3, 0.4) is 0 Å². The molecular weight excluding hydrogens is 192 g/mol. The zero-order valence-electron chi connectivity index (χ0n) is 6.96. The van der Waals surface area contributed by atoms with Gasteiger partial charge in [0.25, 0.3) is 0 Å². The van der Waals surface area contributed by atoms with E-state index in [1.54, 1.807) is 6.21 Å². The van der Waals surface area contributed by atoms with Gasteiger partial charge in [-0.15, -0.1) is 12.4 Å². The van der Waals surface area contributed by atoms with Crippen molar-refractivity contribution in [3.05, 3.63) is 0 Å². The molecule has 0 saturated heterocycles. The summed E-state index contributed by atoms with van der Waals surface area (Å²) < 4.78 is 0. The van der Waals surface area contributed by atoms with Gasteiger partial charge < -0.3 is 5.11 Å². The molecule has 72 valence electrons. The first kappa shape index (κ1) is 10.2. The summed E-state index contributed by atoms with van der Waals surface area (Å²) in [6.45, 7) is 0.742. The summed E-state index contributed by atoms with van der Waals surface area (Å²) in [7, 11) is 0. The summed E-state index contributed by atoms with van der Waals surface area (Å²) >= 11 is 0. The molecule has 0 spiro atoms. The van der Waals surface area contributed by atoms with Crippen LogP contribution in [-0.4, -0.2) is 36.1 Å². The van der Waals surface area contributed by atoms with Crippen molar-refractivity contribution < 1.29 is 9.90 Å². The largest absolute Gasteiger partial charge is 0.481 e. The Morgan fingerprint density at radius 3 is 2.92 bits per heavy atom. The normalized spacial score (nSPS) is 35.2. The van der Waals surface area contributed by atoms with Gasteiger partial charge in [0.15, 0.2) is 0 Å². The number of carboxylic acids is 1. The number of hydrogen-bond acceptors (Lipinski definition) is 3. The highest BCUT2D eigenvalue weighted by Gasteiger charge is 2.32. The molecule has 2 aliphatic heterocycles. The van der Waals surface area contributed by atoms with Crippen molar-refractivity contribution in [2.75, 3.05) is 6.54 Å². The van der Waals surface area contributed by atoms with E-state index in [1.807, 2.05) is 6.21 Å². The van der Waals surface area contributed by atoms with E-state index in [2.05, 4.69) is 9.98 Å². The van der Waals surface area contributed by atoms with Crippen LogP contribution in [0.4, 0.5) is 0 Å². The van der Waals surface area contributed by atoms with Gasteiger partial charge in [-0.2, -0.15) is 0 Å². The molecule has 1 N–H and O–H groups in total. The summed E-state index contributed by atoms with van der Waals surface area (Å²) in [4.78, 5) is 18.8. The molecule has 13 heavy (non-hydrogen) atoms. The predicted molar refractivity (Wildman–Crippen MR) is 52.1 cm³/mol. The van der Waals surface area contributed by atoms with E-state index in [4.69, 9.17) is 5.11 Å². The Morgan fingerprint density at radius 1 is 1.46 bits per heavy atom. The second-order valence-corrected chi connectivity index (χ2v) is 3.24. The topological polar surface area (TPSA) is 62.0 Å². The van der Waals surface area contributed by atoms with Crippen LogP contribution in [0.15, 0.2) is 9.98 Å². The standard InChI is InChI=1S/C8H10N2O2.ClH/c11-8(12)6-1-5-2-9-4-7(5)10-3-6;/h3-7H,1-2H2,(H,11,12);1H. The number of nitrogens with zero attached hydrogens (tertiary/aromatic N) is 2. The van der Waals surface area contributed by atoms with Crippen LogP contribution in [-0.2, 0) is 4.79 Å². The van der Waals surface area contributed by atoms with Gasteiger partial charge in [-0.1, -0.05) is 0 Å². The maximum Gasteiger partial charge on any atom is 0.311 e. The van der Waals surface area contributed by atoms with Crippen LogP contribution < -0.4 is 0 Å². The quantitative estimate of drug-likeness (QED) is 0.679. The molecule has 0 aliphatic carbocycles. The number of hydrogen-bond donors (Lipinski definition) is 1. The van der Waals surface area contributed by atoms with Gasteiger partial charge in [-0.25, -0.2) is 0 Å². The molecule has 0 aromatic carbocycles. The minimum absolute atomic E-state index is 0. The number of fused-ring (bicyclic) bond motifs is 1. The first-order valence-electron chi connectivity index (χ1n) is 4.03. The second-order valence-electron chi connectivity index (χ2n) is 3.24. The molecule has 3 unspecified atom stereocenters. The predicted octanol–water partition coefficient (Wildman–Crippen LogP) is 0.653. The van der Waals surface area contributed by atoms with Crippen molar-refractivity contribution in [2.24, 2.45) is 21.8 Å². The molecule has 0 aromatic heterocycles. The van der Waals surface area contributed by atoms with Crippen LogP contribution in [0.5, 0.6) is 0 Å². The van der Waals surface area contributed by atoms with E-state index in [1.165, 1.54) is 0 Å². The second kappa shape index (κ2) is 3.87. The van der Waals surface area contributed by atoms with Crippen LogP contribution in [0.1, 0.15) is 6.42 Å². The number of aliphatic carboxylic acids is 1. The third-order valence-corrected chi connectivity index (χ3v) is 2.39. The zero-order valence-corrected chi connectivity index (χ0v) is 7.78. The molecule has 0 fully saturated rings. The molecule has 4 nitrogen and oxygen atoms in total. The van der Waals surface area contributed by atoms with E-state index in [0.29, 0.717) is 12.3 Å². The third-order valence-electron chi connectivity index (χ3n) is 2.39. The van der Waals surface area contributed by atoms with Crippen molar-refractivity contribution in [2.45, 2.75) is 12.5 Å². The molecular formula is C8H11ClN2O2. The van der Waals surface area contributed by atoms with Gasteiger partial charge in [-0.3, -0.25) is 14.8 Å². The molecule has 0 aromatic rings. The Hall–Kier alpha value is -0.900. The van der Waals surface area contributed by atoms with Gasteiger partial charge in [0.1, 0.15) is 0 Å². The summed E-state index contributed by atoms with van der Waals surface area (Å²) in [5.74, 6) is -0.840. The number of carbonyl (C=O) groups is 1. The van der Waals surface area contributed by atoms with Crippen molar-refractivity contribution >= 4 is 30.8 Å². The minimum Gasteiger partial charge on any atom is -0.481 e. The molecule has 0 radical (unpaired) electrons. The SMILES string of the molecule is Cl.O=C(O)C1C=NC2C=NCC2C1. The Morgan fingerprint density at radius 2 is 2.23 bits per heavy atom. The number of aliphatic imine (C=N–C) groups is 2. The molecule has 2 aliphatic rings. The lowest BCUT2D eigenvalue weighted by atomic mass is 9.89. The lowest BCUT2D eigenvalue weighted by Crippen LogP contribution is -2.30. The monoisotopic (exact) mass is 202 g/mol. The first-order chi connectivity index (χ1) is 5.77. The Balaban J connectivity index is 0.000000845. The van der Waals surface area contributed by atoms with Crippen molar-refractivity contribution in [1.29, 1.82) is 0 Å². The van der Waals surface area contributed by atoms with Crippen molar-refractivity contribution in [3.8, 4) is 0 Å². The zero-order chi connectivity index (χ0) is 8.55. The fourth-order valence-corrected chi connectivity index (χ4v) is 1.66. The number of rotatable bonds is 1. The number of halogens is 1. The fraction of sp³-hybridized carbons (Fsp3) is 0.625. The molecule has 0 bridgehead atoms. The smallest absolute Gasteiger partial charge is 0.311 e. The van der Waals surface area contributed by atoms with Gasteiger partial charge in [0.05, 0.1) is 12.0 Å².